The fourth-order valence-electron chi connectivity index (χ4n) is 1.94. The standard InChI is InChI=1S/C12H24N4O2S/c1-6-10-13-7-11(15-10)19(17,18)14-8-12(2,3)9-16(4)5/h7,14H,6,8-9H2,1-5H3,(H,13,15). The maximum absolute atomic E-state index is 12.1. The van der Waals surface area contributed by atoms with Crippen LogP contribution in [0.4, 0.5) is 0 Å². The molecule has 0 aromatic carbocycles. The molecule has 0 aliphatic heterocycles. The van der Waals surface area contributed by atoms with E-state index in [1.165, 1.54) is 6.20 Å². The van der Waals surface area contributed by atoms with Crippen molar-refractivity contribution < 1.29 is 8.42 Å². The molecule has 0 aliphatic carbocycles. The first-order chi connectivity index (χ1) is 8.66. The van der Waals surface area contributed by atoms with Crippen LogP contribution in [0.1, 0.15) is 26.6 Å². The number of rotatable bonds is 7. The highest BCUT2D eigenvalue weighted by Crippen LogP contribution is 2.16. The number of nitrogens with zero attached hydrogens (tertiary/aromatic N) is 2. The van der Waals surface area contributed by atoms with Gasteiger partial charge >= 0.3 is 0 Å². The molecule has 1 aromatic rings. The van der Waals surface area contributed by atoms with Crippen molar-refractivity contribution in [3.8, 4) is 0 Å². The van der Waals surface area contributed by atoms with Crippen molar-refractivity contribution in [1.29, 1.82) is 0 Å². The van der Waals surface area contributed by atoms with Crippen molar-refractivity contribution in [2.45, 2.75) is 32.2 Å². The molecule has 0 amide bonds. The second kappa shape index (κ2) is 6.02. The summed E-state index contributed by atoms with van der Waals surface area (Å²) < 4.78 is 26.8. The van der Waals surface area contributed by atoms with Crippen LogP contribution in [0.25, 0.3) is 0 Å². The van der Waals surface area contributed by atoms with Gasteiger partial charge in [-0.2, -0.15) is 0 Å². The molecule has 110 valence electrons. The first-order valence-electron chi connectivity index (χ1n) is 6.34. The minimum atomic E-state index is -3.51. The molecule has 0 saturated heterocycles. The largest absolute Gasteiger partial charge is 0.332 e. The zero-order valence-electron chi connectivity index (χ0n) is 12.3. The van der Waals surface area contributed by atoms with Gasteiger partial charge in [-0.25, -0.2) is 18.1 Å². The Morgan fingerprint density at radius 1 is 1.42 bits per heavy atom. The molecule has 1 heterocycles. The summed E-state index contributed by atoms with van der Waals surface area (Å²) in [6, 6.07) is 0. The molecule has 0 unspecified atom stereocenters. The highest BCUT2D eigenvalue weighted by Gasteiger charge is 2.24. The van der Waals surface area contributed by atoms with Crippen molar-refractivity contribution in [1.82, 2.24) is 19.6 Å². The molecule has 0 atom stereocenters. The minimum Gasteiger partial charge on any atom is -0.332 e. The van der Waals surface area contributed by atoms with E-state index in [1.54, 1.807) is 0 Å². The van der Waals surface area contributed by atoms with E-state index in [0.717, 1.165) is 6.54 Å². The molecule has 0 radical (unpaired) electrons. The zero-order valence-corrected chi connectivity index (χ0v) is 13.1. The van der Waals surface area contributed by atoms with Gasteiger partial charge in [-0.3, -0.25) is 0 Å². The van der Waals surface area contributed by atoms with Crippen LogP contribution in [0.3, 0.4) is 0 Å². The number of nitrogens with one attached hydrogen (secondary N) is 2. The summed E-state index contributed by atoms with van der Waals surface area (Å²) in [6.45, 7) is 7.16. The van der Waals surface area contributed by atoms with Gasteiger partial charge in [0.25, 0.3) is 10.0 Å². The summed E-state index contributed by atoms with van der Waals surface area (Å²) in [5.74, 6) is 0.674. The van der Waals surface area contributed by atoms with E-state index in [4.69, 9.17) is 0 Å². The normalized spacial score (nSPS) is 13.2. The second-order valence-electron chi connectivity index (χ2n) is 5.77. The van der Waals surface area contributed by atoms with Crippen molar-refractivity contribution in [3.05, 3.63) is 12.0 Å². The molecule has 0 spiro atoms. The number of hydrogen-bond donors (Lipinski definition) is 2. The summed E-state index contributed by atoms with van der Waals surface area (Å²) in [6.07, 6.45) is 2.04. The van der Waals surface area contributed by atoms with E-state index in [-0.39, 0.29) is 10.4 Å². The summed E-state index contributed by atoms with van der Waals surface area (Å²) in [4.78, 5) is 8.86. The number of sulfonamides is 1. The Balaban J connectivity index is 2.70. The monoisotopic (exact) mass is 288 g/mol. The fourth-order valence-corrected chi connectivity index (χ4v) is 3.12. The average molecular weight is 288 g/mol. The van der Waals surface area contributed by atoms with E-state index in [0.29, 0.717) is 18.8 Å². The van der Waals surface area contributed by atoms with Gasteiger partial charge in [0.2, 0.25) is 0 Å². The molecule has 0 aliphatic rings. The van der Waals surface area contributed by atoms with Crippen LogP contribution in [0.15, 0.2) is 11.2 Å². The van der Waals surface area contributed by atoms with Crippen LogP contribution in [-0.2, 0) is 16.4 Å². The molecule has 0 fully saturated rings. The summed E-state index contributed by atoms with van der Waals surface area (Å²) >= 11 is 0. The summed E-state index contributed by atoms with van der Waals surface area (Å²) in [7, 11) is 0.437. The van der Waals surface area contributed by atoms with Crippen molar-refractivity contribution in [2.24, 2.45) is 5.41 Å². The molecule has 1 aromatic heterocycles. The summed E-state index contributed by atoms with van der Waals surface area (Å²) in [5.41, 5.74) is -0.135. The average Bonchev–Trinajstić information content (AvgIpc) is 2.74. The van der Waals surface area contributed by atoms with Gasteiger partial charge in [-0.05, 0) is 19.5 Å². The summed E-state index contributed by atoms with van der Waals surface area (Å²) in [5, 5.41) is 0.130. The fraction of sp³-hybridized carbons (Fsp3) is 0.750. The van der Waals surface area contributed by atoms with Crippen molar-refractivity contribution in [3.63, 3.8) is 0 Å². The molecule has 2 N–H and O–H groups in total. The van der Waals surface area contributed by atoms with Gasteiger partial charge < -0.3 is 9.88 Å². The minimum absolute atomic E-state index is 0.130. The van der Waals surface area contributed by atoms with Crippen LogP contribution in [0, 0.1) is 5.41 Å². The lowest BCUT2D eigenvalue weighted by atomic mass is 9.93. The smallest absolute Gasteiger partial charge is 0.257 e. The first-order valence-corrected chi connectivity index (χ1v) is 7.83. The van der Waals surface area contributed by atoms with E-state index >= 15 is 0 Å². The van der Waals surface area contributed by atoms with Crippen LogP contribution in [0.2, 0.25) is 0 Å². The number of aromatic nitrogens is 2. The van der Waals surface area contributed by atoms with E-state index in [2.05, 4.69) is 14.7 Å². The molecule has 7 heteroatoms. The van der Waals surface area contributed by atoms with Crippen LogP contribution in [-0.4, -0.2) is 50.5 Å². The Morgan fingerprint density at radius 3 is 2.53 bits per heavy atom. The Morgan fingerprint density at radius 2 is 2.05 bits per heavy atom. The lowest BCUT2D eigenvalue weighted by Gasteiger charge is -2.28. The SMILES string of the molecule is CCc1ncc(S(=O)(=O)NCC(C)(C)CN(C)C)[nH]1. The Kier molecular flexibility index (Phi) is 5.11. The third-order valence-corrected chi connectivity index (χ3v) is 4.03. The molecule has 19 heavy (non-hydrogen) atoms. The van der Waals surface area contributed by atoms with Gasteiger partial charge in [0, 0.05) is 19.5 Å². The quantitative estimate of drug-likeness (QED) is 0.779. The third kappa shape index (κ3) is 4.93. The second-order valence-corrected chi connectivity index (χ2v) is 7.51. The molecular weight excluding hydrogens is 264 g/mol. The number of H-pyrrole nitrogens is 1. The Labute approximate surface area is 115 Å². The highest BCUT2D eigenvalue weighted by atomic mass is 32.2. The van der Waals surface area contributed by atoms with E-state index < -0.39 is 10.0 Å². The zero-order chi connectivity index (χ0) is 14.7. The highest BCUT2D eigenvalue weighted by molar-refractivity contribution is 7.89. The predicted molar refractivity (Wildman–Crippen MR) is 75.5 cm³/mol. The van der Waals surface area contributed by atoms with Crippen LogP contribution in [0.5, 0.6) is 0 Å². The Hall–Kier alpha value is -0.920. The van der Waals surface area contributed by atoms with E-state index in [9.17, 15) is 8.42 Å². The molecule has 0 saturated carbocycles. The van der Waals surface area contributed by atoms with Crippen molar-refractivity contribution >= 4 is 10.0 Å². The van der Waals surface area contributed by atoms with E-state index in [1.807, 2.05) is 39.8 Å². The molecular formula is C12H24N4O2S. The number of imidazole rings is 1. The van der Waals surface area contributed by atoms with Gasteiger partial charge in [-0.1, -0.05) is 20.8 Å². The molecule has 6 nitrogen and oxygen atoms in total. The van der Waals surface area contributed by atoms with Crippen molar-refractivity contribution in [2.75, 3.05) is 27.2 Å². The first kappa shape index (κ1) is 16.1. The molecule has 1 rings (SSSR count). The third-order valence-electron chi connectivity index (χ3n) is 2.71. The number of aromatic amines is 1. The van der Waals surface area contributed by atoms with Gasteiger partial charge in [0.1, 0.15) is 5.82 Å². The lowest BCUT2D eigenvalue weighted by Crippen LogP contribution is -2.40. The maximum Gasteiger partial charge on any atom is 0.257 e. The number of aryl methyl sites for hydroxylation is 1. The molecule has 0 bridgehead atoms. The topological polar surface area (TPSA) is 78.1 Å². The number of hydrogen-bond acceptors (Lipinski definition) is 4. The van der Waals surface area contributed by atoms with Gasteiger partial charge in [0.15, 0.2) is 5.03 Å². The van der Waals surface area contributed by atoms with Crippen LogP contribution >= 0.6 is 0 Å². The van der Waals surface area contributed by atoms with Gasteiger partial charge in [-0.15, -0.1) is 0 Å². The van der Waals surface area contributed by atoms with Gasteiger partial charge in [0.05, 0.1) is 6.20 Å². The predicted octanol–water partition coefficient (Wildman–Crippen LogP) is 0.838. The Bertz CT molecular complexity index is 506. The van der Waals surface area contributed by atoms with Crippen LogP contribution < -0.4 is 4.72 Å². The lowest BCUT2D eigenvalue weighted by molar-refractivity contribution is 0.242. The maximum atomic E-state index is 12.1.